The van der Waals surface area contributed by atoms with Crippen LogP contribution in [-0.2, 0) is 27.4 Å². The maximum atomic E-state index is 12.5. The third-order valence-electron chi connectivity index (χ3n) is 3.00. The molecule has 1 aromatic rings. The van der Waals surface area contributed by atoms with Gasteiger partial charge in [-0.2, -0.15) is 4.31 Å². The topological polar surface area (TPSA) is 74.7 Å². The monoisotopic (exact) mass is 357 g/mol. The summed E-state index contributed by atoms with van der Waals surface area (Å²) in [5.41, 5.74) is 0.262. The van der Waals surface area contributed by atoms with Gasteiger partial charge in [0.1, 0.15) is 4.90 Å². The van der Waals surface area contributed by atoms with E-state index in [9.17, 15) is 17.7 Å². The highest BCUT2D eigenvalue weighted by Gasteiger charge is 2.30. The molecule has 112 valence electrons. The van der Waals surface area contributed by atoms with E-state index in [1.54, 1.807) is 0 Å². The predicted octanol–water partition coefficient (Wildman–Crippen LogP) is 1.24. The number of hydrogen-bond donors (Lipinski definition) is 1. The molecule has 0 bridgehead atoms. The highest BCUT2D eigenvalue weighted by Crippen LogP contribution is 2.31. The summed E-state index contributed by atoms with van der Waals surface area (Å²) in [6, 6.07) is 2.69. The van der Waals surface area contributed by atoms with Gasteiger partial charge in [0.15, 0.2) is 0 Å². The highest BCUT2D eigenvalue weighted by molar-refractivity contribution is 7.89. The van der Waals surface area contributed by atoms with Gasteiger partial charge < -0.3 is 5.11 Å². The van der Waals surface area contributed by atoms with Crippen molar-refractivity contribution in [1.29, 1.82) is 0 Å². The summed E-state index contributed by atoms with van der Waals surface area (Å²) in [6.07, 6.45) is 0. The van der Waals surface area contributed by atoms with Gasteiger partial charge in [-0.3, -0.25) is 4.21 Å². The van der Waals surface area contributed by atoms with Gasteiger partial charge >= 0.3 is 0 Å². The van der Waals surface area contributed by atoms with Crippen molar-refractivity contribution in [2.45, 2.75) is 11.5 Å². The summed E-state index contributed by atoms with van der Waals surface area (Å²) in [7, 11) is -4.77. The molecule has 1 aliphatic heterocycles. The van der Waals surface area contributed by atoms with E-state index >= 15 is 0 Å². The molecule has 1 aromatic carbocycles. The Hall–Kier alpha value is -0.180. The number of benzene rings is 1. The second-order valence-electron chi connectivity index (χ2n) is 4.29. The number of aliphatic hydroxyl groups excluding tert-OH is 1. The van der Waals surface area contributed by atoms with E-state index in [1.807, 2.05) is 0 Å². The minimum absolute atomic E-state index is 0.0244. The number of aliphatic hydroxyl groups is 1. The standard InChI is InChI=1S/C11H13Cl2NO4S2/c12-9-5-8(7-15)11(13)10(6-9)20(17,18)14-1-3-19(16)4-2-14/h5-6,15H,1-4,7H2. The van der Waals surface area contributed by atoms with Crippen molar-refractivity contribution >= 4 is 44.0 Å². The maximum Gasteiger partial charge on any atom is 0.244 e. The molecule has 1 N–H and O–H groups in total. The largest absolute Gasteiger partial charge is 0.392 e. The molecule has 0 saturated carbocycles. The molecule has 2 rings (SSSR count). The van der Waals surface area contributed by atoms with Crippen molar-refractivity contribution in [2.24, 2.45) is 0 Å². The molecule has 1 aliphatic rings. The van der Waals surface area contributed by atoms with Crippen LogP contribution < -0.4 is 0 Å². The SMILES string of the molecule is O=S1CCN(S(=O)(=O)c2cc(Cl)cc(CO)c2Cl)CC1. The Labute approximate surface area is 130 Å². The van der Waals surface area contributed by atoms with Gasteiger partial charge in [0.05, 0.1) is 11.6 Å². The smallest absolute Gasteiger partial charge is 0.244 e. The third kappa shape index (κ3) is 3.18. The van der Waals surface area contributed by atoms with Gasteiger partial charge in [-0.25, -0.2) is 8.42 Å². The molecular formula is C11H13Cl2NO4S2. The first kappa shape index (κ1) is 16.2. The van der Waals surface area contributed by atoms with Gasteiger partial charge in [0.25, 0.3) is 0 Å². The fraction of sp³-hybridized carbons (Fsp3) is 0.455. The molecule has 20 heavy (non-hydrogen) atoms. The summed E-state index contributed by atoms with van der Waals surface area (Å²) >= 11 is 11.9. The first-order valence-electron chi connectivity index (χ1n) is 5.80. The first-order valence-corrected chi connectivity index (χ1v) is 9.48. The van der Waals surface area contributed by atoms with Gasteiger partial charge in [0.2, 0.25) is 10.0 Å². The molecule has 1 saturated heterocycles. The fourth-order valence-corrected chi connectivity index (χ4v) is 5.55. The molecule has 9 heteroatoms. The van der Waals surface area contributed by atoms with E-state index < -0.39 is 27.4 Å². The Morgan fingerprint density at radius 2 is 1.85 bits per heavy atom. The molecule has 0 aliphatic carbocycles. The summed E-state index contributed by atoms with van der Waals surface area (Å²) in [6.45, 7) is -0.0234. The minimum atomic E-state index is -3.80. The van der Waals surface area contributed by atoms with E-state index in [-0.39, 0.29) is 33.6 Å². The summed E-state index contributed by atoms with van der Waals surface area (Å²) < 4.78 is 37.6. The number of nitrogens with zero attached hydrogens (tertiary/aromatic N) is 1. The van der Waals surface area contributed by atoms with Crippen LogP contribution >= 0.6 is 23.2 Å². The average Bonchev–Trinajstić information content (AvgIpc) is 2.41. The van der Waals surface area contributed by atoms with Gasteiger partial charge in [-0.15, -0.1) is 0 Å². The molecule has 0 spiro atoms. The van der Waals surface area contributed by atoms with Crippen LogP contribution in [0.3, 0.4) is 0 Å². The van der Waals surface area contributed by atoms with Crippen molar-refractivity contribution in [3.05, 3.63) is 27.7 Å². The van der Waals surface area contributed by atoms with Crippen LogP contribution in [0.15, 0.2) is 17.0 Å². The van der Waals surface area contributed by atoms with Crippen LogP contribution in [0, 0.1) is 0 Å². The average molecular weight is 358 g/mol. The Morgan fingerprint density at radius 1 is 1.25 bits per heavy atom. The van der Waals surface area contributed by atoms with Crippen molar-refractivity contribution in [3.63, 3.8) is 0 Å². The van der Waals surface area contributed by atoms with Gasteiger partial charge in [-0.1, -0.05) is 23.2 Å². The molecule has 0 unspecified atom stereocenters. The number of halogens is 2. The highest BCUT2D eigenvalue weighted by atomic mass is 35.5. The Morgan fingerprint density at radius 3 is 2.40 bits per heavy atom. The van der Waals surface area contributed by atoms with E-state index in [0.717, 1.165) is 0 Å². The Balaban J connectivity index is 2.44. The first-order chi connectivity index (χ1) is 9.36. The lowest BCUT2D eigenvalue weighted by Gasteiger charge is -2.26. The Kier molecular flexibility index (Phi) is 5.09. The van der Waals surface area contributed by atoms with Crippen molar-refractivity contribution in [3.8, 4) is 0 Å². The minimum Gasteiger partial charge on any atom is -0.392 e. The van der Waals surface area contributed by atoms with Crippen LogP contribution in [0.1, 0.15) is 5.56 Å². The summed E-state index contributed by atoms with van der Waals surface area (Å²) in [5.74, 6) is 0.620. The molecule has 0 radical (unpaired) electrons. The molecule has 5 nitrogen and oxygen atoms in total. The third-order valence-corrected chi connectivity index (χ3v) is 6.98. The molecule has 1 heterocycles. The second kappa shape index (κ2) is 6.29. The molecule has 1 fully saturated rings. The van der Waals surface area contributed by atoms with E-state index in [4.69, 9.17) is 23.2 Å². The van der Waals surface area contributed by atoms with Crippen LogP contribution in [0.2, 0.25) is 10.0 Å². The molecular weight excluding hydrogens is 345 g/mol. The number of hydrogen-bond acceptors (Lipinski definition) is 4. The zero-order valence-corrected chi connectivity index (χ0v) is 13.5. The van der Waals surface area contributed by atoms with Crippen molar-refractivity contribution in [1.82, 2.24) is 4.31 Å². The van der Waals surface area contributed by atoms with Crippen molar-refractivity contribution < 1.29 is 17.7 Å². The number of rotatable bonds is 3. The predicted molar refractivity (Wildman–Crippen MR) is 79.0 cm³/mol. The molecule has 0 amide bonds. The second-order valence-corrected chi connectivity index (χ2v) is 8.70. The quantitative estimate of drug-likeness (QED) is 0.882. The summed E-state index contributed by atoms with van der Waals surface area (Å²) in [4.78, 5) is -0.122. The maximum absolute atomic E-state index is 12.5. The van der Waals surface area contributed by atoms with Crippen LogP contribution in [0.25, 0.3) is 0 Å². The van der Waals surface area contributed by atoms with Crippen LogP contribution in [-0.4, -0.2) is 46.6 Å². The van der Waals surface area contributed by atoms with Gasteiger partial charge in [-0.05, 0) is 17.7 Å². The van der Waals surface area contributed by atoms with Gasteiger partial charge in [0, 0.05) is 40.4 Å². The van der Waals surface area contributed by atoms with E-state index in [0.29, 0.717) is 11.5 Å². The fourth-order valence-electron chi connectivity index (χ4n) is 1.92. The zero-order valence-electron chi connectivity index (χ0n) is 10.4. The molecule has 0 aromatic heterocycles. The lowest BCUT2D eigenvalue weighted by atomic mass is 10.2. The molecule has 0 atom stereocenters. The Bertz CT molecular complexity index is 638. The van der Waals surface area contributed by atoms with Crippen molar-refractivity contribution in [2.75, 3.05) is 24.6 Å². The number of sulfonamides is 1. The zero-order chi connectivity index (χ0) is 14.9. The lowest BCUT2D eigenvalue weighted by Crippen LogP contribution is -2.41. The lowest BCUT2D eigenvalue weighted by molar-refractivity contribution is 0.281. The normalized spacial score (nSPS) is 18.4. The van der Waals surface area contributed by atoms with E-state index in [1.165, 1.54) is 16.4 Å². The van der Waals surface area contributed by atoms with Crippen LogP contribution in [0.5, 0.6) is 0 Å². The van der Waals surface area contributed by atoms with Crippen LogP contribution in [0.4, 0.5) is 0 Å². The van der Waals surface area contributed by atoms with E-state index in [2.05, 4.69) is 0 Å². The summed E-state index contributed by atoms with van der Waals surface area (Å²) in [5, 5.41) is 9.35.